The Bertz CT molecular complexity index is 337. The highest BCUT2D eigenvalue weighted by atomic mass is 19.1. The van der Waals surface area contributed by atoms with Gasteiger partial charge in [0.15, 0.2) is 0 Å². The maximum atomic E-state index is 13.1. The second-order valence-corrected chi connectivity index (χ2v) is 3.95. The van der Waals surface area contributed by atoms with Crippen LogP contribution in [0.3, 0.4) is 0 Å². The van der Waals surface area contributed by atoms with E-state index in [0.29, 0.717) is 25.2 Å². The van der Waals surface area contributed by atoms with Crippen molar-refractivity contribution in [2.24, 2.45) is 5.92 Å². The van der Waals surface area contributed by atoms with Crippen molar-refractivity contribution < 1.29 is 19.3 Å². The van der Waals surface area contributed by atoms with Crippen molar-refractivity contribution in [3.8, 4) is 5.75 Å². The molecule has 0 radical (unpaired) electrons. The third kappa shape index (κ3) is 4.32. The van der Waals surface area contributed by atoms with E-state index in [1.54, 1.807) is 6.07 Å². The first-order valence-corrected chi connectivity index (χ1v) is 5.84. The van der Waals surface area contributed by atoms with Crippen molar-refractivity contribution in [1.29, 1.82) is 0 Å². The van der Waals surface area contributed by atoms with E-state index in [4.69, 9.17) is 14.9 Å². The van der Waals surface area contributed by atoms with Crippen LogP contribution in [-0.4, -0.2) is 30.0 Å². The van der Waals surface area contributed by atoms with Gasteiger partial charge in [0.1, 0.15) is 11.6 Å². The average molecular weight is 242 g/mol. The molecule has 0 aromatic heterocycles. The zero-order chi connectivity index (χ0) is 12.7. The molecule has 0 saturated carbocycles. The summed E-state index contributed by atoms with van der Waals surface area (Å²) in [4.78, 5) is 0. The molecule has 0 aliphatic carbocycles. The monoisotopic (exact) mass is 242 g/mol. The lowest BCUT2D eigenvalue weighted by molar-refractivity contribution is 0.144. The lowest BCUT2D eigenvalue weighted by Gasteiger charge is -2.13. The van der Waals surface area contributed by atoms with Crippen molar-refractivity contribution in [2.45, 2.75) is 19.8 Å². The van der Waals surface area contributed by atoms with Crippen molar-refractivity contribution in [3.63, 3.8) is 0 Å². The number of halogens is 1. The van der Waals surface area contributed by atoms with Crippen LogP contribution in [0.5, 0.6) is 5.75 Å². The van der Waals surface area contributed by atoms with Gasteiger partial charge in [-0.1, -0.05) is 0 Å². The van der Waals surface area contributed by atoms with Crippen LogP contribution < -0.4 is 4.74 Å². The molecule has 1 rings (SSSR count). The molecule has 96 valence electrons. The van der Waals surface area contributed by atoms with Crippen LogP contribution in [0.25, 0.3) is 0 Å². The summed E-state index contributed by atoms with van der Waals surface area (Å²) in [6.07, 6.45) is 1.19. The fraction of sp³-hybridized carbons (Fsp3) is 0.538. The fourth-order valence-electron chi connectivity index (χ4n) is 1.64. The van der Waals surface area contributed by atoms with Gasteiger partial charge in [0.05, 0.1) is 6.61 Å². The minimum atomic E-state index is -0.298. The van der Waals surface area contributed by atoms with Gasteiger partial charge in [-0.05, 0) is 43.5 Å². The Kier molecular flexibility index (Phi) is 5.94. The quantitative estimate of drug-likeness (QED) is 0.766. The first-order valence-electron chi connectivity index (χ1n) is 5.84. The van der Waals surface area contributed by atoms with E-state index in [1.807, 2.05) is 6.92 Å². The minimum Gasteiger partial charge on any atom is -0.494 e. The molecule has 0 atom stereocenters. The van der Waals surface area contributed by atoms with Gasteiger partial charge >= 0.3 is 0 Å². The molecule has 1 aromatic rings. The predicted molar refractivity (Wildman–Crippen MR) is 63.6 cm³/mol. The van der Waals surface area contributed by atoms with Crippen LogP contribution in [0.4, 0.5) is 4.39 Å². The molecule has 0 aliphatic heterocycles. The van der Waals surface area contributed by atoms with E-state index in [0.717, 1.165) is 5.56 Å². The number of ether oxygens (including phenoxy) is 1. The molecular weight excluding hydrogens is 223 g/mol. The lowest BCUT2D eigenvalue weighted by Crippen LogP contribution is -2.12. The summed E-state index contributed by atoms with van der Waals surface area (Å²) in [5.41, 5.74) is 0.777. The smallest absolute Gasteiger partial charge is 0.123 e. The number of hydrogen-bond acceptors (Lipinski definition) is 3. The maximum absolute atomic E-state index is 13.1. The summed E-state index contributed by atoms with van der Waals surface area (Å²) in [7, 11) is 0. The molecule has 4 heteroatoms. The standard InChI is InChI=1S/C13H19FO3/c1-2-17-13-6-5-12(14)7-11(13)4-3-10(8-15)9-16/h5-7,10,15-16H,2-4,8-9H2,1H3. The summed E-state index contributed by atoms with van der Waals surface area (Å²) < 4.78 is 18.5. The number of aliphatic hydroxyl groups is 2. The summed E-state index contributed by atoms with van der Waals surface area (Å²) in [6.45, 7) is 2.28. The summed E-state index contributed by atoms with van der Waals surface area (Å²) in [5.74, 6) is 0.212. The maximum Gasteiger partial charge on any atom is 0.123 e. The highest BCUT2D eigenvalue weighted by Crippen LogP contribution is 2.22. The van der Waals surface area contributed by atoms with E-state index in [2.05, 4.69) is 0 Å². The van der Waals surface area contributed by atoms with Crippen molar-refractivity contribution >= 4 is 0 Å². The first-order chi connectivity index (χ1) is 8.21. The normalized spacial score (nSPS) is 10.9. The van der Waals surface area contributed by atoms with Gasteiger partial charge in [0, 0.05) is 19.1 Å². The zero-order valence-corrected chi connectivity index (χ0v) is 10.0. The average Bonchev–Trinajstić information content (AvgIpc) is 2.34. The molecule has 0 amide bonds. The topological polar surface area (TPSA) is 49.7 Å². The molecule has 3 nitrogen and oxygen atoms in total. The Morgan fingerprint density at radius 2 is 2.00 bits per heavy atom. The van der Waals surface area contributed by atoms with Crippen LogP contribution in [-0.2, 0) is 6.42 Å². The summed E-state index contributed by atoms with van der Waals surface area (Å²) >= 11 is 0. The highest BCUT2D eigenvalue weighted by molar-refractivity contribution is 5.34. The first kappa shape index (κ1) is 13.9. The summed E-state index contributed by atoms with van der Waals surface area (Å²) in [5, 5.41) is 17.9. The second-order valence-electron chi connectivity index (χ2n) is 3.95. The molecule has 1 aromatic carbocycles. The number of hydrogen-bond donors (Lipinski definition) is 2. The van der Waals surface area contributed by atoms with Gasteiger partial charge in [0.25, 0.3) is 0 Å². The van der Waals surface area contributed by atoms with Gasteiger partial charge in [-0.25, -0.2) is 4.39 Å². The molecule has 0 unspecified atom stereocenters. The largest absolute Gasteiger partial charge is 0.494 e. The van der Waals surface area contributed by atoms with Gasteiger partial charge in [-0.2, -0.15) is 0 Å². The number of benzene rings is 1. The molecule has 2 N–H and O–H groups in total. The highest BCUT2D eigenvalue weighted by Gasteiger charge is 2.10. The Morgan fingerprint density at radius 1 is 1.29 bits per heavy atom. The van der Waals surface area contributed by atoms with Crippen LogP contribution in [0.1, 0.15) is 18.9 Å². The molecule has 0 fully saturated rings. The second kappa shape index (κ2) is 7.25. The van der Waals surface area contributed by atoms with Crippen LogP contribution in [0, 0.1) is 11.7 Å². The predicted octanol–water partition coefficient (Wildman–Crippen LogP) is 1.76. The van der Waals surface area contributed by atoms with Crippen molar-refractivity contribution in [2.75, 3.05) is 19.8 Å². The SMILES string of the molecule is CCOc1ccc(F)cc1CCC(CO)CO. The zero-order valence-electron chi connectivity index (χ0n) is 10.0. The third-order valence-electron chi connectivity index (χ3n) is 2.66. The number of rotatable bonds is 7. The Balaban J connectivity index is 2.70. The van der Waals surface area contributed by atoms with Crippen molar-refractivity contribution in [3.05, 3.63) is 29.6 Å². The van der Waals surface area contributed by atoms with E-state index < -0.39 is 0 Å². The Morgan fingerprint density at radius 3 is 2.59 bits per heavy atom. The van der Waals surface area contributed by atoms with Crippen LogP contribution >= 0.6 is 0 Å². The van der Waals surface area contributed by atoms with Gasteiger partial charge < -0.3 is 14.9 Å². The lowest BCUT2D eigenvalue weighted by atomic mass is 10.00. The number of aliphatic hydroxyl groups excluding tert-OH is 2. The molecule has 0 spiro atoms. The third-order valence-corrected chi connectivity index (χ3v) is 2.66. The molecule has 0 bridgehead atoms. The van der Waals surface area contributed by atoms with E-state index >= 15 is 0 Å². The minimum absolute atomic E-state index is 0.0597. The molecule has 0 saturated heterocycles. The van der Waals surface area contributed by atoms with Crippen molar-refractivity contribution in [1.82, 2.24) is 0 Å². The molecule has 0 aliphatic rings. The molecule has 17 heavy (non-hydrogen) atoms. The fourth-order valence-corrected chi connectivity index (χ4v) is 1.64. The number of aryl methyl sites for hydroxylation is 1. The van der Waals surface area contributed by atoms with Crippen LogP contribution in [0.2, 0.25) is 0 Å². The van der Waals surface area contributed by atoms with E-state index in [9.17, 15) is 4.39 Å². The summed E-state index contributed by atoms with van der Waals surface area (Å²) in [6, 6.07) is 4.42. The Labute approximate surface area is 101 Å². The van der Waals surface area contributed by atoms with Crippen LogP contribution in [0.15, 0.2) is 18.2 Å². The Hall–Kier alpha value is -1.13. The molecule has 0 heterocycles. The van der Waals surface area contributed by atoms with E-state index in [1.165, 1.54) is 12.1 Å². The van der Waals surface area contributed by atoms with E-state index in [-0.39, 0.29) is 24.9 Å². The van der Waals surface area contributed by atoms with Gasteiger partial charge in [0.2, 0.25) is 0 Å². The molecular formula is C13H19FO3. The van der Waals surface area contributed by atoms with Gasteiger partial charge in [-0.3, -0.25) is 0 Å². The van der Waals surface area contributed by atoms with Gasteiger partial charge in [-0.15, -0.1) is 0 Å².